The maximum absolute atomic E-state index is 6.08. The van der Waals surface area contributed by atoms with Crippen LogP contribution in [0.3, 0.4) is 0 Å². The molecule has 1 aromatic heterocycles. The Morgan fingerprint density at radius 3 is 2.71 bits per heavy atom. The van der Waals surface area contributed by atoms with Gasteiger partial charge in [0.15, 0.2) is 0 Å². The Morgan fingerprint density at radius 1 is 1.29 bits per heavy atom. The molecule has 3 nitrogen and oxygen atoms in total. The average molecular weight is 271 g/mol. The standard InChI is InChI=1S/C12H12Cl2N2O/c1-7-9(8(2)17-16-7)6-15-11-5-3-4-10(13)12(11)14/h3-5,15H,6H2,1-2H3. The second kappa shape index (κ2) is 4.98. The molecule has 1 N–H and O–H groups in total. The highest BCUT2D eigenvalue weighted by Crippen LogP contribution is 2.30. The number of rotatable bonds is 3. The molecule has 2 rings (SSSR count). The second-order valence-electron chi connectivity index (χ2n) is 3.76. The molecule has 2 aromatic rings. The van der Waals surface area contributed by atoms with Crippen molar-refractivity contribution in [2.75, 3.05) is 5.32 Å². The fraction of sp³-hybridized carbons (Fsp3) is 0.250. The molecule has 1 aromatic carbocycles. The number of anilines is 1. The SMILES string of the molecule is Cc1noc(C)c1CNc1cccc(Cl)c1Cl. The zero-order chi connectivity index (χ0) is 12.4. The summed E-state index contributed by atoms with van der Waals surface area (Å²) < 4.78 is 5.09. The van der Waals surface area contributed by atoms with Crippen LogP contribution >= 0.6 is 23.2 Å². The van der Waals surface area contributed by atoms with Crippen molar-refractivity contribution in [3.8, 4) is 0 Å². The molecule has 5 heteroatoms. The van der Waals surface area contributed by atoms with E-state index in [1.54, 1.807) is 6.07 Å². The van der Waals surface area contributed by atoms with Crippen LogP contribution < -0.4 is 5.32 Å². The second-order valence-corrected chi connectivity index (χ2v) is 4.54. The Kier molecular flexibility index (Phi) is 3.60. The van der Waals surface area contributed by atoms with Gasteiger partial charge in [-0.25, -0.2) is 0 Å². The van der Waals surface area contributed by atoms with Crippen LogP contribution in [0.2, 0.25) is 10.0 Å². The summed E-state index contributed by atoms with van der Waals surface area (Å²) in [5.41, 5.74) is 2.73. The molecule has 0 atom stereocenters. The van der Waals surface area contributed by atoms with Crippen molar-refractivity contribution in [2.45, 2.75) is 20.4 Å². The third kappa shape index (κ3) is 2.56. The van der Waals surface area contributed by atoms with E-state index >= 15 is 0 Å². The third-order valence-corrected chi connectivity index (χ3v) is 3.41. The van der Waals surface area contributed by atoms with E-state index in [1.807, 2.05) is 26.0 Å². The van der Waals surface area contributed by atoms with Gasteiger partial charge in [-0.2, -0.15) is 0 Å². The molecule has 0 saturated carbocycles. The lowest BCUT2D eigenvalue weighted by Crippen LogP contribution is -2.01. The van der Waals surface area contributed by atoms with E-state index in [2.05, 4.69) is 10.5 Å². The predicted molar refractivity (Wildman–Crippen MR) is 69.8 cm³/mol. The van der Waals surface area contributed by atoms with Crippen molar-refractivity contribution in [1.82, 2.24) is 5.16 Å². The lowest BCUT2D eigenvalue weighted by molar-refractivity contribution is 0.392. The van der Waals surface area contributed by atoms with E-state index in [0.717, 1.165) is 22.7 Å². The van der Waals surface area contributed by atoms with Gasteiger partial charge < -0.3 is 9.84 Å². The van der Waals surface area contributed by atoms with Crippen LogP contribution in [0.5, 0.6) is 0 Å². The lowest BCUT2D eigenvalue weighted by atomic mass is 10.2. The summed E-state index contributed by atoms with van der Waals surface area (Å²) in [6, 6.07) is 5.49. The van der Waals surface area contributed by atoms with E-state index in [9.17, 15) is 0 Å². The Morgan fingerprint density at radius 2 is 2.06 bits per heavy atom. The molecule has 0 spiro atoms. The van der Waals surface area contributed by atoms with Crippen molar-refractivity contribution < 1.29 is 4.52 Å². The first kappa shape index (κ1) is 12.3. The molecular formula is C12H12Cl2N2O. The number of hydrogen-bond donors (Lipinski definition) is 1. The van der Waals surface area contributed by atoms with Gasteiger partial charge in [0.1, 0.15) is 5.76 Å². The first-order valence-electron chi connectivity index (χ1n) is 5.19. The summed E-state index contributed by atoms with van der Waals surface area (Å²) in [5.74, 6) is 0.813. The van der Waals surface area contributed by atoms with Gasteiger partial charge in [0.25, 0.3) is 0 Å². The van der Waals surface area contributed by atoms with Crippen molar-refractivity contribution in [3.05, 3.63) is 45.3 Å². The Bertz CT molecular complexity index is 518. The Balaban J connectivity index is 2.15. The normalized spacial score (nSPS) is 10.6. The highest BCUT2D eigenvalue weighted by molar-refractivity contribution is 6.43. The number of hydrogen-bond acceptors (Lipinski definition) is 3. The number of nitrogens with zero attached hydrogens (tertiary/aromatic N) is 1. The van der Waals surface area contributed by atoms with E-state index in [0.29, 0.717) is 16.6 Å². The Hall–Kier alpha value is -1.19. The molecular weight excluding hydrogens is 259 g/mol. The summed E-state index contributed by atoms with van der Waals surface area (Å²) in [7, 11) is 0. The minimum absolute atomic E-state index is 0.529. The van der Waals surface area contributed by atoms with Crippen LogP contribution in [-0.4, -0.2) is 5.16 Å². The molecule has 0 unspecified atom stereocenters. The van der Waals surface area contributed by atoms with Gasteiger partial charge in [0.05, 0.1) is 21.4 Å². The summed E-state index contributed by atoms with van der Waals surface area (Å²) >= 11 is 12.0. The highest BCUT2D eigenvalue weighted by atomic mass is 35.5. The minimum Gasteiger partial charge on any atom is -0.380 e. The van der Waals surface area contributed by atoms with E-state index < -0.39 is 0 Å². The van der Waals surface area contributed by atoms with Gasteiger partial charge in [-0.15, -0.1) is 0 Å². The molecule has 0 aliphatic heterocycles. The molecule has 17 heavy (non-hydrogen) atoms. The predicted octanol–water partition coefficient (Wildman–Crippen LogP) is 4.21. The molecule has 0 fully saturated rings. The molecule has 0 radical (unpaired) electrons. The van der Waals surface area contributed by atoms with Crippen LogP contribution in [-0.2, 0) is 6.54 Å². The fourth-order valence-electron chi connectivity index (χ4n) is 1.58. The van der Waals surface area contributed by atoms with Gasteiger partial charge in [0.2, 0.25) is 0 Å². The maximum Gasteiger partial charge on any atom is 0.138 e. The summed E-state index contributed by atoms with van der Waals surface area (Å²) in [4.78, 5) is 0. The molecule has 0 bridgehead atoms. The topological polar surface area (TPSA) is 38.1 Å². The van der Waals surface area contributed by atoms with Crippen LogP contribution in [0, 0.1) is 13.8 Å². The smallest absolute Gasteiger partial charge is 0.138 e. The van der Waals surface area contributed by atoms with Gasteiger partial charge in [-0.1, -0.05) is 34.4 Å². The van der Waals surface area contributed by atoms with Crippen molar-refractivity contribution in [2.24, 2.45) is 0 Å². The maximum atomic E-state index is 6.08. The van der Waals surface area contributed by atoms with Crippen molar-refractivity contribution in [1.29, 1.82) is 0 Å². The third-order valence-electron chi connectivity index (χ3n) is 2.59. The highest BCUT2D eigenvalue weighted by Gasteiger charge is 2.10. The van der Waals surface area contributed by atoms with Crippen LogP contribution in [0.4, 0.5) is 5.69 Å². The van der Waals surface area contributed by atoms with Gasteiger partial charge in [-0.3, -0.25) is 0 Å². The lowest BCUT2D eigenvalue weighted by Gasteiger charge is -2.08. The number of halogens is 2. The number of benzene rings is 1. The summed E-state index contributed by atoms with van der Waals surface area (Å²) in [5, 5.41) is 8.18. The Labute approximate surface area is 110 Å². The molecule has 0 amide bonds. The zero-order valence-electron chi connectivity index (χ0n) is 9.55. The largest absolute Gasteiger partial charge is 0.380 e. The van der Waals surface area contributed by atoms with Crippen LogP contribution in [0.25, 0.3) is 0 Å². The van der Waals surface area contributed by atoms with E-state index in [-0.39, 0.29) is 0 Å². The minimum atomic E-state index is 0.529. The monoisotopic (exact) mass is 270 g/mol. The van der Waals surface area contributed by atoms with Crippen molar-refractivity contribution in [3.63, 3.8) is 0 Å². The fourth-order valence-corrected chi connectivity index (χ4v) is 1.95. The summed E-state index contributed by atoms with van der Waals surface area (Å²) in [6.45, 7) is 4.41. The molecule has 1 heterocycles. The first-order chi connectivity index (χ1) is 8.09. The first-order valence-corrected chi connectivity index (χ1v) is 5.95. The molecule has 0 aliphatic carbocycles. The summed E-state index contributed by atoms with van der Waals surface area (Å²) in [6.07, 6.45) is 0. The van der Waals surface area contributed by atoms with E-state index in [1.165, 1.54) is 0 Å². The number of aryl methyl sites for hydroxylation is 2. The van der Waals surface area contributed by atoms with E-state index in [4.69, 9.17) is 27.7 Å². The van der Waals surface area contributed by atoms with Crippen LogP contribution in [0.15, 0.2) is 22.7 Å². The zero-order valence-corrected chi connectivity index (χ0v) is 11.1. The number of aromatic nitrogens is 1. The van der Waals surface area contributed by atoms with Crippen molar-refractivity contribution >= 4 is 28.9 Å². The van der Waals surface area contributed by atoms with Gasteiger partial charge in [0, 0.05) is 12.1 Å². The van der Waals surface area contributed by atoms with Gasteiger partial charge >= 0.3 is 0 Å². The molecule has 0 saturated heterocycles. The quantitative estimate of drug-likeness (QED) is 0.908. The van der Waals surface area contributed by atoms with Crippen LogP contribution in [0.1, 0.15) is 17.0 Å². The molecule has 0 aliphatic rings. The van der Waals surface area contributed by atoms with Gasteiger partial charge in [-0.05, 0) is 26.0 Å². The number of nitrogens with one attached hydrogen (secondary N) is 1. The molecule has 90 valence electrons. The average Bonchev–Trinajstić information content (AvgIpc) is 2.62.